The Morgan fingerprint density at radius 2 is 2.12 bits per heavy atom. The van der Waals surface area contributed by atoms with Crippen LogP contribution >= 0.6 is 0 Å². The van der Waals surface area contributed by atoms with Gasteiger partial charge < -0.3 is 10.4 Å². The molecule has 0 aliphatic heterocycles. The minimum absolute atomic E-state index is 0.0126. The van der Waals surface area contributed by atoms with Crippen molar-refractivity contribution in [2.75, 3.05) is 6.54 Å². The molecule has 3 unspecified atom stereocenters. The molecule has 0 spiro atoms. The van der Waals surface area contributed by atoms with Crippen LogP contribution in [0.4, 0.5) is 0 Å². The van der Waals surface area contributed by atoms with Crippen LogP contribution in [0.1, 0.15) is 60.3 Å². The van der Waals surface area contributed by atoms with Gasteiger partial charge in [-0.05, 0) is 31.6 Å². The van der Waals surface area contributed by atoms with Gasteiger partial charge in [-0.2, -0.15) is 0 Å². The van der Waals surface area contributed by atoms with Crippen molar-refractivity contribution in [1.82, 2.24) is 5.32 Å². The summed E-state index contributed by atoms with van der Waals surface area (Å²) in [4.78, 5) is 0. The summed E-state index contributed by atoms with van der Waals surface area (Å²) < 4.78 is 0. The molecule has 0 aromatic heterocycles. The first-order valence-corrected chi connectivity index (χ1v) is 6.73. The summed E-state index contributed by atoms with van der Waals surface area (Å²) in [5.74, 6) is 0. The van der Waals surface area contributed by atoms with Gasteiger partial charge in [-0.3, -0.25) is 0 Å². The zero-order valence-corrected chi connectivity index (χ0v) is 11.6. The molecule has 0 aromatic carbocycles. The Balaban J connectivity index is 2.50. The van der Waals surface area contributed by atoms with Gasteiger partial charge >= 0.3 is 0 Å². The van der Waals surface area contributed by atoms with Crippen molar-refractivity contribution in [3.05, 3.63) is 0 Å². The maximum Gasteiger partial charge on any atom is 0.0577 e. The van der Waals surface area contributed by atoms with E-state index in [2.05, 4.69) is 33.0 Å². The third-order valence-corrected chi connectivity index (χ3v) is 4.83. The third kappa shape index (κ3) is 2.98. The molecular formula is C14H29NO. The van der Waals surface area contributed by atoms with Gasteiger partial charge in [0.25, 0.3) is 0 Å². The van der Waals surface area contributed by atoms with Crippen LogP contribution in [-0.4, -0.2) is 23.8 Å². The number of nitrogens with one attached hydrogen (secondary N) is 1. The predicted molar refractivity (Wildman–Crippen MR) is 69.5 cm³/mol. The second-order valence-electron chi connectivity index (χ2n) is 6.50. The van der Waals surface area contributed by atoms with E-state index in [1.165, 1.54) is 19.3 Å². The lowest BCUT2D eigenvalue weighted by molar-refractivity contribution is 0.0439. The van der Waals surface area contributed by atoms with Crippen LogP contribution in [0, 0.1) is 10.8 Å². The fourth-order valence-electron chi connectivity index (χ4n) is 2.63. The van der Waals surface area contributed by atoms with Crippen LogP contribution in [0.5, 0.6) is 0 Å². The summed E-state index contributed by atoms with van der Waals surface area (Å²) in [5.41, 5.74) is 0.437. The molecule has 16 heavy (non-hydrogen) atoms. The van der Waals surface area contributed by atoms with Gasteiger partial charge in [0.1, 0.15) is 0 Å². The van der Waals surface area contributed by atoms with Gasteiger partial charge in [0.05, 0.1) is 6.10 Å². The highest BCUT2D eigenvalue weighted by Crippen LogP contribution is 2.38. The topological polar surface area (TPSA) is 32.3 Å². The Kier molecular flexibility index (Phi) is 4.42. The zero-order chi connectivity index (χ0) is 12.4. The van der Waals surface area contributed by atoms with E-state index in [4.69, 9.17) is 0 Å². The molecule has 2 N–H and O–H groups in total. The second-order valence-corrected chi connectivity index (χ2v) is 6.50. The van der Waals surface area contributed by atoms with Crippen LogP contribution in [0.25, 0.3) is 0 Å². The molecule has 0 bridgehead atoms. The quantitative estimate of drug-likeness (QED) is 0.757. The van der Waals surface area contributed by atoms with E-state index in [9.17, 15) is 5.11 Å². The molecule has 1 fully saturated rings. The Morgan fingerprint density at radius 1 is 1.50 bits per heavy atom. The smallest absolute Gasteiger partial charge is 0.0577 e. The zero-order valence-electron chi connectivity index (χ0n) is 11.6. The van der Waals surface area contributed by atoms with Crippen molar-refractivity contribution in [1.29, 1.82) is 0 Å². The van der Waals surface area contributed by atoms with Crippen molar-refractivity contribution in [2.24, 2.45) is 10.8 Å². The van der Waals surface area contributed by atoms with Crippen molar-refractivity contribution in [2.45, 2.75) is 72.4 Å². The Bertz CT molecular complexity index is 225. The minimum atomic E-state index is -0.241. The van der Waals surface area contributed by atoms with E-state index < -0.39 is 0 Å². The van der Waals surface area contributed by atoms with Crippen molar-refractivity contribution >= 4 is 0 Å². The van der Waals surface area contributed by atoms with Crippen molar-refractivity contribution < 1.29 is 5.11 Å². The second kappa shape index (κ2) is 5.05. The first kappa shape index (κ1) is 14.0. The largest absolute Gasteiger partial charge is 0.393 e. The molecule has 2 nitrogen and oxygen atoms in total. The van der Waals surface area contributed by atoms with Crippen molar-refractivity contribution in [3.63, 3.8) is 0 Å². The molecule has 1 rings (SSSR count). The lowest BCUT2D eigenvalue weighted by Gasteiger charge is -2.36. The van der Waals surface area contributed by atoms with Crippen LogP contribution in [0.15, 0.2) is 0 Å². The molecule has 0 saturated heterocycles. The molecule has 2 heteroatoms. The van der Waals surface area contributed by atoms with Crippen LogP contribution in [0.2, 0.25) is 0 Å². The maximum absolute atomic E-state index is 9.84. The first-order valence-electron chi connectivity index (χ1n) is 6.73. The molecule has 3 atom stereocenters. The molecule has 0 amide bonds. The molecule has 1 saturated carbocycles. The van der Waals surface area contributed by atoms with Gasteiger partial charge in [-0.1, -0.05) is 34.1 Å². The lowest BCUT2D eigenvalue weighted by atomic mass is 9.81. The average molecular weight is 227 g/mol. The average Bonchev–Trinajstić information content (AvgIpc) is 2.54. The first-order chi connectivity index (χ1) is 7.32. The summed E-state index contributed by atoms with van der Waals surface area (Å²) >= 11 is 0. The fourth-order valence-corrected chi connectivity index (χ4v) is 2.63. The highest BCUT2D eigenvalue weighted by molar-refractivity contribution is 4.92. The van der Waals surface area contributed by atoms with E-state index >= 15 is 0 Å². The minimum Gasteiger partial charge on any atom is -0.393 e. The highest BCUT2D eigenvalue weighted by atomic mass is 16.3. The van der Waals surface area contributed by atoms with E-state index in [1.54, 1.807) is 0 Å². The maximum atomic E-state index is 9.84. The Hall–Kier alpha value is -0.0800. The molecule has 1 aliphatic carbocycles. The molecule has 96 valence electrons. The highest BCUT2D eigenvalue weighted by Gasteiger charge is 2.36. The molecule has 0 radical (unpaired) electrons. The molecule has 0 aromatic rings. The molecule has 1 aliphatic rings. The standard InChI is InChI=1S/C14H29NO/c1-6-14(5,11(2)16)10-15-12-8-7-9-13(12,3)4/h11-12,15-16H,6-10H2,1-5H3. The van der Waals surface area contributed by atoms with E-state index in [1.807, 2.05) is 6.92 Å². The predicted octanol–water partition coefficient (Wildman–Crippen LogP) is 2.95. The van der Waals surface area contributed by atoms with Crippen LogP contribution < -0.4 is 5.32 Å². The lowest BCUT2D eigenvalue weighted by Crippen LogP contribution is -2.46. The Labute approximate surface area is 101 Å². The molecular weight excluding hydrogens is 198 g/mol. The SMILES string of the molecule is CCC(C)(CNC1CCCC1(C)C)C(C)O. The fraction of sp³-hybridized carbons (Fsp3) is 1.00. The summed E-state index contributed by atoms with van der Waals surface area (Å²) in [6.07, 6.45) is 4.72. The number of aliphatic hydroxyl groups is 1. The van der Waals surface area contributed by atoms with Gasteiger partial charge in [-0.25, -0.2) is 0 Å². The van der Waals surface area contributed by atoms with Crippen LogP contribution in [0.3, 0.4) is 0 Å². The van der Waals surface area contributed by atoms with Gasteiger partial charge in [0.15, 0.2) is 0 Å². The van der Waals surface area contributed by atoms with Gasteiger partial charge in [0, 0.05) is 18.0 Å². The monoisotopic (exact) mass is 227 g/mol. The summed E-state index contributed by atoms with van der Waals surface area (Å²) in [5, 5.41) is 13.5. The van der Waals surface area contributed by atoms with E-state index in [0.29, 0.717) is 11.5 Å². The summed E-state index contributed by atoms with van der Waals surface area (Å²) in [6.45, 7) is 11.9. The third-order valence-electron chi connectivity index (χ3n) is 4.83. The number of hydrogen-bond donors (Lipinski definition) is 2. The summed E-state index contributed by atoms with van der Waals surface area (Å²) in [6, 6.07) is 0.622. The normalized spacial score (nSPS) is 30.0. The van der Waals surface area contributed by atoms with E-state index in [-0.39, 0.29) is 11.5 Å². The molecule has 0 heterocycles. The number of rotatable bonds is 5. The van der Waals surface area contributed by atoms with Gasteiger partial charge in [-0.15, -0.1) is 0 Å². The van der Waals surface area contributed by atoms with Gasteiger partial charge in [0.2, 0.25) is 0 Å². The van der Waals surface area contributed by atoms with E-state index in [0.717, 1.165) is 13.0 Å². The summed E-state index contributed by atoms with van der Waals surface area (Å²) in [7, 11) is 0. The Morgan fingerprint density at radius 3 is 2.50 bits per heavy atom. The van der Waals surface area contributed by atoms with Crippen molar-refractivity contribution in [3.8, 4) is 0 Å². The van der Waals surface area contributed by atoms with Crippen LogP contribution in [-0.2, 0) is 0 Å². The number of hydrogen-bond acceptors (Lipinski definition) is 2. The number of aliphatic hydroxyl groups excluding tert-OH is 1.